The van der Waals surface area contributed by atoms with Gasteiger partial charge in [0, 0.05) is 0 Å². The highest BCUT2D eigenvalue weighted by Gasteiger charge is 2.73. The Morgan fingerprint density at radius 3 is 1.36 bits per heavy atom. The number of hydrogen-bond donors (Lipinski definition) is 26. The van der Waals surface area contributed by atoms with Crippen molar-refractivity contribution in [3.63, 3.8) is 0 Å². The fourth-order valence-electron chi connectivity index (χ4n) is 24.1. The highest BCUT2D eigenvalue weighted by molar-refractivity contribution is 5.79. The van der Waals surface area contributed by atoms with Gasteiger partial charge < -0.3 is 232 Å². The highest BCUT2D eigenvalue weighted by Crippen LogP contribution is 2.76. The van der Waals surface area contributed by atoms with Gasteiger partial charge in [0.15, 0.2) is 56.4 Å². The van der Waals surface area contributed by atoms with E-state index in [-0.39, 0.29) is 31.6 Å². The molecular weight excluding hydrogens is 1830 g/mol. The van der Waals surface area contributed by atoms with Crippen molar-refractivity contribution in [3.05, 3.63) is 11.6 Å². The predicted octanol–water partition coefficient (Wildman–Crippen LogP) is -11.4. The summed E-state index contributed by atoms with van der Waals surface area (Å²) in [6.07, 6.45) is -86.8. The molecule has 0 radical (unpaired) electrons. The normalized spacial score (nSPS) is 54.9. The third kappa shape index (κ3) is 19.2. The van der Waals surface area contributed by atoms with Crippen LogP contribution in [0.15, 0.2) is 11.6 Å². The molecule has 14 fully saturated rings. The van der Waals surface area contributed by atoms with Gasteiger partial charge in [0.25, 0.3) is 0 Å². The summed E-state index contributed by atoms with van der Waals surface area (Å²) in [5.74, 6) is -3.89. The van der Waals surface area contributed by atoms with Crippen LogP contribution in [0.4, 0.5) is 0 Å². The minimum absolute atomic E-state index is 0.0522. The van der Waals surface area contributed by atoms with Crippen LogP contribution in [-0.4, -0.2) is 485 Å². The molecule has 26 N–H and O–H groups in total. The molecule has 0 aromatic rings. The Kier molecular flexibility index (Phi) is 32.6. The Morgan fingerprint density at radius 2 is 0.801 bits per heavy atom. The van der Waals surface area contributed by atoms with Crippen LogP contribution in [0.1, 0.15) is 127 Å². The van der Waals surface area contributed by atoms with Gasteiger partial charge in [0.2, 0.25) is 12.6 Å². The highest BCUT2D eigenvalue weighted by atomic mass is 16.8. The molecule has 10 heterocycles. The molecule has 49 nitrogen and oxygen atoms in total. The number of fused-ring (bicyclic) bond motifs is 7. The number of rotatable bonds is 24. The zero-order valence-electron chi connectivity index (χ0n) is 76.4. The molecule has 15 rings (SSSR count). The van der Waals surface area contributed by atoms with Crippen LogP contribution in [0.5, 0.6) is 0 Å². The van der Waals surface area contributed by atoms with Gasteiger partial charge in [0.1, 0.15) is 208 Å². The van der Waals surface area contributed by atoms with Crippen molar-refractivity contribution >= 4 is 18.2 Å². The number of hydrogen-bond acceptors (Lipinski definition) is 49. The summed E-state index contributed by atoms with van der Waals surface area (Å²) >= 11 is 0. The third-order valence-corrected chi connectivity index (χ3v) is 32.7. The Hall–Kier alpha value is -3.41. The van der Waals surface area contributed by atoms with Crippen molar-refractivity contribution in [2.24, 2.45) is 50.2 Å². The molecule has 0 aromatic carbocycles. The molecular formula is C87H138O49. The van der Waals surface area contributed by atoms with Gasteiger partial charge in [-0.05, 0) is 124 Å². The number of esters is 2. The van der Waals surface area contributed by atoms with Gasteiger partial charge in [-0.25, -0.2) is 4.79 Å². The number of carbonyl (C=O) groups excluding carboxylic acids is 3. The van der Waals surface area contributed by atoms with Crippen LogP contribution in [0.2, 0.25) is 0 Å². The van der Waals surface area contributed by atoms with Gasteiger partial charge in [-0.15, -0.1) is 0 Å². The molecule has 0 unspecified atom stereocenters. The van der Waals surface area contributed by atoms with Gasteiger partial charge in [-0.3, -0.25) is 4.79 Å². The molecule has 10 aliphatic heterocycles. The average Bonchev–Trinajstić information content (AvgIpc) is 0.671. The molecule has 0 bridgehead atoms. The van der Waals surface area contributed by atoms with E-state index < -0.39 is 391 Å². The van der Waals surface area contributed by atoms with Crippen LogP contribution in [-0.2, 0) is 109 Å². The summed E-state index contributed by atoms with van der Waals surface area (Å²) < 4.78 is 122. The lowest BCUT2D eigenvalue weighted by atomic mass is 9.33. The topological polar surface area (TPSA) is 762 Å². The van der Waals surface area contributed by atoms with E-state index in [9.17, 15) is 138 Å². The van der Waals surface area contributed by atoms with E-state index >= 15 is 9.59 Å². The van der Waals surface area contributed by atoms with Gasteiger partial charge in [-0.2, -0.15) is 0 Å². The van der Waals surface area contributed by atoms with Gasteiger partial charge >= 0.3 is 11.9 Å². The number of aldehydes is 1. The second kappa shape index (κ2) is 41.5. The quantitative estimate of drug-likeness (QED) is 0.0185. The fraction of sp³-hybridized carbons (Fsp3) is 0.943. The lowest BCUT2D eigenvalue weighted by molar-refractivity contribution is -0.409. The monoisotopic (exact) mass is 1970 g/mol. The molecule has 136 heavy (non-hydrogen) atoms. The van der Waals surface area contributed by atoms with E-state index in [1.165, 1.54) is 20.8 Å². The minimum Gasteiger partial charge on any atom is -0.432 e. The zero-order valence-corrected chi connectivity index (χ0v) is 76.4. The first-order chi connectivity index (χ1) is 64.0. The third-order valence-electron chi connectivity index (χ3n) is 32.7. The van der Waals surface area contributed by atoms with Crippen molar-refractivity contribution in [3.8, 4) is 0 Å². The number of allylic oxidation sites excluding steroid dienone is 2. The molecule has 780 valence electrons. The van der Waals surface area contributed by atoms with Crippen molar-refractivity contribution in [2.75, 3.05) is 39.6 Å². The Balaban J connectivity index is 0.712. The molecule has 10 saturated heterocycles. The van der Waals surface area contributed by atoms with E-state index in [1.54, 1.807) is 6.92 Å². The molecule has 0 spiro atoms. The largest absolute Gasteiger partial charge is 0.432 e. The predicted molar refractivity (Wildman–Crippen MR) is 437 cm³/mol. The first-order valence-electron chi connectivity index (χ1n) is 46.7. The van der Waals surface area contributed by atoms with E-state index in [1.807, 2.05) is 0 Å². The van der Waals surface area contributed by atoms with Crippen LogP contribution < -0.4 is 0 Å². The molecule has 0 amide bonds. The summed E-state index contributed by atoms with van der Waals surface area (Å²) in [7, 11) is 0. The van der Waals surface area contributed by atoms with E-state index in [0.29, 0.717) is 44.8 Å². The maximum atomic E-state index is 16.1. The van der Waals surface area contributed by atoms with E-state index in [4.69, 9.17) is 94.7 Å². The SMILES string of the molecule is C[C@@H]1O[C@@H](O[C@@H]2[C@@H](O)[C@H](O[C@@H]3[C@@H](O)[C@@H](O)[C@H](O[C@H]4[C@@H](O)[C@H](OC(=O)[C@@]56CCC(C)(C)C[C@H]5C5=CC[C@@H]7[C@@]8(C)CC[C@@H](O[C@@H]9O[C@@H](C(=O)O[C@@H]%10OC[C@H](O)[C@H](O)[C@H]%10O)[C@H](O[C@H]%10OC[C@@H](O)[C@H](O)[C@@H]%10O)[C@H](O[C@@H]%10O[C@@H](CO)[C@H](O)[C@@H](O)[C@H]%10O)[C@H]9O[C@H]9O[C@@H](CO)[C@@H](O)[C@H](O)[C@@H]9O)[C@](C)(C=O)[C@@H]8CC[C@]7(C)[C@@]5(C)CC6)O[C@H](C)[C@H]4O[C@H]4O[C@@H](CO)[C@@H](O)[C@H](O)[C@@H]4O)O[C@@H]3C)OC[C@H]2O)[C@H](O)[C@@H](O)[C@@H]1O. The summed E-state index contributed by atoms with van der Waals surface area (Å²) in [6.45, 7) is 11.4. The molecule has 4 saturated carbocycles. The maximum Gasteiger partial charge on any atom is 0.340 e. The summed E-state index contributed by atoms with van der Waals surface area (Å²) in [4.78, 5) is 46.3. The Labute approximate surface area is 780 Å². The zero-order chi connectivity index (χ0) is 99.0. The van der Waals surface area contributed by atoms with Crippen molar-refractivity contribution in [1.82, 2.24) is 0 Å². The molecule has 49 heteroatoms. The standard InChI is InChI=1S/C87H138O49/c1-28-42(95)48(101)55(108)74(120-28)129-64-35(94)26-119-73(60(64)113)127-62-29(2)121-75(59(112)52(62)105)130-65-61(114)79(122-30(3)63(65)128-76-56(109)49(102)45(98)36(21-88)123-76)136-81(116)87-18-16-82(4,5)20-32(87)31-10-11-40-83(6)14-13-41(84(7,27-91)39(83)12-15-86(40,9)85(31,8)17-19-87)126-80-69(134-78-58(111)51(104)47(100)38(23-90)125-78)67(132-77-57(110)50(103)46(99)37(22-89)124-77)66(131-71-53(106)43(96)33(92)24-117-71)68(133-80)70(115)135-72-54(107)44(97)34(93)25-118-72/h10,27-30,32-69,71-80,88-90,92-114H,11-26H2,1-9H3/t28-,29+,30+,32-,33+,34-,35+,36-,37-,38-,39+,40+,41+,42+,43-,44-,45+,46-,47+,48-,49-,50+,51-,52-,53-,54+,55+,56-,57+,58-,59+,60+,61+,62-,63+,64-,65-,66+,67-,68+,69+,71+,72-,73-,74-,75-,76+,77-,78+,79-,80+,83-,84+,85-,86-,87+/m0/s1. The van der Waals surface area contributed by atoms with Crippen LogP contribution in [0, 0.1) is 50.2 Å². The average molecular weight is 1970 g/mol. The maximum absolute atomic E-state index is 16.1. The van der Waals surface area contributed by atoms with Crippen molar-refractivity contribution in [2.45, 2.75) is 421 Å². The van der Waals surface area contributed by atoms with E-state index in [0.717, 1.165) is 5.57 Å². The number of aliphatic hydroxyl groups is 26. The van der Waals surface area contributed by atoms with Gasteiger partial charge in [0.05, 0.1) is 74.9 Å². The second-order valence-corrected chi connectivity index (χ2v) is 41.4. The van der Waals surface area contributed by atoms with Crippen LogP contribution in [0.25, 0.3) is 0 Å². The Morgan fingerprint density at radius 1 is 0.368 bits per heavy atom. The molecule has 5 aliphatic carbocycles. The molecule has 56 atom stereocenters. The van der Waals surface area contributed by atoms with Crippen LogP contribution >= 0.6 is 0 Å². The number of ether oxygens (including phenoxy) is 20. The minimum atomic E-state index is -2.47. The van der Waals surface area contributed by atoms with Crippen molar-refractivity contribution in [1.29, 1.82) is 0 Å². The lowest BCUT2D eigenvalue weighted by Crippen LogP contribution is -2.70. The first kappa shape index (κ1) is 107. The summed E-state index contributed by atoms with van der Waals surface area (Å²) in [5, 5.41) is 289. The second-order valence-electron chi connectivity index (χ2n) is 41.4. The smallest absolute Gasteiger partial charge is 0.340 e. The van der Waals surface area contributed by atoms with Crippen LogP contribution in [0.3, 0.4) is 0 Å². The first-order valence-corrected chi connectivity index (χ1v) is 46.7. The van der Waals surface area contributed by atoms with Gasteiger partial charge in [-0.1, -0.05) is 53.2 Å². The number of carbonyl (C=O) groups is 3. The number of aliphatic hydroxyl groups excluding tert-OH is 26. The summed E-state index contributed by atoms with van der Waals surface area (Å²) in [5.41, 5.74) is -4.66. The lowest BCUT2D eigenvalue weighted by Gasteiger charge is -2.71. The molecule has 0 aromatic heterocycles. The van der Waals surface area contributed by atoms with E-state index in [2.05, 4.69) is 40.7 Å². The Bertz CT molecular complexity index is 4050. The molecule has 15 aliphatic rings. The fourth-order valence-corrected chi connectivity index (χ4v) is 24.1. The van der Waals surface area contributed by atoms with Crippen molar-refractivity contribution < 1.29 is 242 Å². The summed E-state index contributed by atoms with van der Waals surface area (Å²) in [6, 6.07) is 0.